The van der Waals surface area contributed by atoms with E-state index in [9.17, 15) is 0 Å². The molecule has 0 radical (unpaired) electrons. The normalized spacial score (nSPS) is 31.8. The molecule has 0 aliphatic carbocycles. The maximum Gasteiger partial charge on any atom is 0.103 e. The molecule has 5 heteroatoms. The van der Waals surface area contributed by atoms with E-state index in [0.29, 0.717) is 12.0 Å². The number of nitrogens with one attached hydrogen (secondary N) is 1. The molecule has 3 heterocycles. The van der Waals surface area contributed by atoms with Crippen molar-refractivity contribution in [2.24, 2.45) is 11.8 Å². The molecule has 3 rings (SSSR count). The van der Waals surface area contributed by atoms with E-state index in [2.05, 4.69) is 5.43 Å². The van der Waals surface area contributed by atoms with Crippen molar-refractivity contribution in [3.05, 3.63) is 24.2 Å². The Kier molecular flexibility index (Phi) is 4.71. The molecule has 0 amide bonds. The highest BCUT2D eigenvalue weighted by atomic mass is 32.2. The average Bonchev–Trinajstić information content (AvgIpc) is 3.12. The first-order valence-corrected chi connectivity index (χ1v) is 8.67. The van der Waals surface area contributed by atoms with Gasteiger partial charge in [-0.3, -0.25) is 11.3 Å². The largest absolute Gasteiger partial charge is 0.469 e. The van der Waals surface area contributed by atoms with Crippen LogP contribution in [0, 0.1) is 5.92 Å². The first-order chi connectivity index (χ1) is 9.81. The van der Waals surface area contributed by atoms with Crippen molar-refractivity contribution in [3.8, 4) is 0 Å². The quantitative estimate of drug-likeness (QED) is 0.645. The van der Waals surface area contributed by atoms with Gasteiger partial charge in [0.25, 0.3) is 0 Å². The predicted octanol–water partition coefficient (Wildman–Crippen LogP) is 2.35. The molecule has 1 aromatic rings. The lowest BCUT2D eigenvalue weighted by Gasteiger charge is -2.40. The van der Waals surface area contributed by atoms with Gasteiger partial charge in [0.1, 0.15) is 5.76 Å². The van der Waals surface area contributed by atoms with Gasteiger partial charge in [0.2, 0.25) is 0 Å². The first-order valence-electron chi connectivity index (χ1n) is 7.51. The molecule has 3 N–H and O–H groups in total. The Morgan fingerprint density at radius 2 is 2.50 bits per heavy atom. The number of hydrogen-bond acceptors (Lipinski definition) is 5. The second kappa shape index (κ2) is 6.52. The molecule has 0 bridgehead atoms. The van der Waals surface area contributed by atoms with Crippen LogP contribution in [-0.4, -0.2) is 29.8 Å². The Bertz CT molecular complexity index is 404. The second-order valence-corrected chi connectivity index (χ2v) is 7.08. The summed E-state index contributed by atoms with van der Waals surface area (Å²) in [6.45, 7) is 0.879. The molecule has 20 heavy (non-hydrogen) atoms. The zero-order valence-corrected chi connectivity index (χ0v) is 12.7. The Labute approximate surface area is 124 Å². The van der Waals surface area contributed by atoms with Crippen LogP contribution in [0.1, 0.15) is 31.4 Å². The third-order valence-corrected chi connectivity index (χ3v) is 5.89. The summed E-state index contributed by atoms with van der Waals surface area (Å²) in [4.78, 5) is 0. The minimum atomic E-state index is 0.132. The van der Waals surface area contributed by atoms with Crippen LogP contribution in [0.3, 0.4) is 0 Å². The van der Waals surface area contributed by atoms with E-state index in [1.165, 1.54) is 12.2 Å². The van der Waals surface area contributed by atoms with E-state index in [-0.39, 0.29) is 5.60 Å². The standard InChI is InChI=1S/C15H24N2O2S/c16-17-14(4-3-13-2-1-7-18-13)12-5-8-19-15(10-12)6-9-20-11-15/h1-2,7,12,14,17H,3-6,8-11,16H2. The number of thioether (sulfide) groups is 1. The van der Waals surface area contributed by atoms with Crippen molar-refractivity contribution in [1.82, 2.24) is 5.43 Å². The van der Waals surface area contributed by atoms with E-state index in [1.54, 1.807) is 6.26 Å². The minimum Gasteiger partial charge on any atom is -0.469 e. The molecule has 2 fully saturated rings. The second-order valence-electron chi connectivity index (χ2n) is 5.98. The number of rotatable bonds is 5. The Morgan fingerprint density at radius 3 is 3.20 bits per heavy atom. The molecule has 1 aromatic heterocycles. The molecule has 0 saturated carbocycles. The van der Waals surface area contributed by atoms with Crippen LogP contribution in [0.25, 0.3) is 0 Å². The average molecular weight is 296 g/mol. The van der Waals surface area contributed by atoms with Crippen LogP contribution in [0.4, 0.5) is 0 Å². The Morgan fingerprint density at radius 1 is 1.55 bits per heavy atom. The van der Waals surface area contributed by atoms with Gasteiger partial charge in [-0.15, -0.1) is 0 Å². The summed E-state index contributed by atoms with van der Waals surface area (Å²) in [7, 11) is 0. The lowest BCUT2D eigenvalue weighted by atomic mass is 9.80. The van der Waals surface area contributed by atoms with Crippen molar-refractivity contribution in [3.63, 3.8) is 0 Å². The molecule has 2 aliphatic heterocycles. The zero-order chi connectivity index (χ0) is 13.8. The molecule has 3 unspecified atom stereocenters. The van der Waals surface area contributed by atoms with Crippen LogP contribution in [-0.2, 0) is 11.2 Å². The van der Waals surface area contributed by atoms with Gasteiger partial charge >= 0.3 is 0 Å². The SMILES string of the molecule is NNC(CCc1ccco1)C1CCOC2(CCSC2)C1. The van der Waals surface area contributed by atoms with Gasteiger partial charge in [0, 0.05) is 24.8 Å². The lowest BCUT2D eigenvalue weighted by molar-refractivity contribution is -0.0855. The van der Waals surface area contributed by atoms with Crippen LogP contribution in [0.5, 0.6) is 0 Å². The van der Waals surface area contributed by atoms with Crippen LogP contribution >= 0.6 is 11.8 Å². The molecule has 4 nitrogen and oxygen atoms in total. The van der Waals surface area contributed by atoms with Crippen LogP contribution in [0.15, 0.2) is 22.8 Å². The number of aryl methyl sites for hydroxylation is 1. The van der Waals surface area contributed by atoms with Gasteiger partial charge in [-0.25, -0.2) is 0 Å². The highest BCUT2D eigenvalue weighted by molar-refractivity contribution is 7.99. The molecular formula is C15H24N2O2S. The third kappa shape index (κ3) is 3.22. The molecule has 112 valence electrons. The summed E-state index contributed by atoms with van der Waals surface area (Å²) < 4.78 is 11.5. The maximum atomic E-state index is 6.09. The van der Waals surface area contributed by atoms with Crippen molar-refractivity contribution < 1.29 is 9.15 Å². The van der Waals surface area contributed by atoms with E-state index >= 15 is 0 Å². The number of hydrazine groups is 1. The number of hydrogen-bond donors (Lipinski definition) is 2. The number of nitrogens with two attached hydrogens (primary N) is 1. The summed E-state index contributed by atoms with van der Waals surface area (Å²) in [6, 6.07) is 4.33. The van der Waals surface area contributed by atoms with Gasteiger partial charge < -0.3 is 9.15 Å². The number of ether oxygens (including phenoxy) is 1. The highest BCUT2D eigenvalue weighted by Gasteiger charge is 2.42. The fourth-order valence-corrected chi connectivity index (χ4v) is 4.86. The summed E-state index contributed by atoms with van der Waals surface area (Å²) in [5.74, 6) is 9.85. The predicted molar refractivity (Wildman–Crippen MR) is 81.5 cm³/mol. The molecule has 1 spiro atoms. The van der Waals surface area contributed by atoms with Gasteiger partial charge in [-0.1, -0.05) is 0 Å². The Balaban J connectivity index is 1.57. The molecule has 2 saturated heterocycles. The molecule has 3 atom stereocenters. The van der Waals surface area contributed by atoms with E-state index < -0.39 is 0 Å². The summed E-state index contributed by atoms with van der Waals surface area (Å²) >= 11 is 2.02. The maximum absolute atomic E-state index is 6.09. The topological polar surface area (TPSA) is 60.4 Å². The van der Waals surface area contributed by atoms with Gasteiger partial charge in [0.05, 0.1) is 11.9 Å². The first kappa shape index (κ1) is 14.4. The smallest absolute Gasteiger partial charge is 0.103 e. The molecule has 0 aromatic carbocycles. The van der Waals surface area contributed by atoms with E-state index in [1.807, 2.05) is 23.9 Å². The van der Waals surface area contributed by atoms with Crippen molar-refractivity contribution in [1.29, 1.82) is 0 Å². The van der Waals surface area contributed by atoms with Crippen LogP contribution < -0.4 is 11.3 Å². The lowest BCUT2D eigenvalue weighted by Crippen LogP contribution is -2.49. The van der Waals surface area contributed by atoms with Gasteiger partial charge in [-0.05, 0) is 49.5 Å². The van der Waals surface area contributed by atoms with Gasteiger partial charge in [0.15, 0.2) is 0 Å². The highest BCUT2D eigenvalue weighted by Crippen LogP contribution is 2.41. The Hall–Kier alpha value is -0.490. The van der Waals surface area contributed by atoms with Gasteiger partial charge in [-0.2, -0.15) is 11.8 Å². The fourth-order valence-electron chi connectivity index (χ4n) is 3.48. The third-order valence-electron chi connectivity index (χ3n) is 4.66. The van der Waals surface area contributed by atoms with E-state index in [0.717, 1.165) is 43.8 Å². The zero-order valence-electron chi connectivity index (χ0n) is 11.8. The van der Waals surface area contributed by atoms with E-state index in [4.69, 9.17) is 15.0 Å². The summed E-state index contributed by atoms with van der Waals surface area (Å²) in [5, 5.41) is 0. The molecular weight excluding hydrogens is 272 g/mol. The monoisotopic (exact) mass is 296 g/mol. The fraction of sp³-hybridized carbons (Fsp3) is 0.733. The summed E-state index contributed by atoms with van der Waals surface area (Å²) in [5.41, 5.74) is 3.17. The minimum absolute atomic E-state index is 0.132. The summed E-state index contributed by atoms with van der Waals surface area (Å²) in [6.07, 6.45) is 7.16. The molecule has 2 aliphatic rings. The number of furan rings is 1. The van der Waals surface area contributed by atoms with Crippen LogP contribution in [0.2, 0.25) is 0 Å². The van der Waals surface area contributed by atoms with Crippen molar-refractivity contribution in [2.75, 3.05) is 18.1 Å². The van der Waals surface area contributed by atoms with Crippen molar-refractivity contribution >= 4 is 11.8 Å². The van der Waals surface area contributed by atoms with Crippen molar-refractivity contribution in [2.45, 2.75) is 43.7 Å².